The number of hydrogen-bond acceptors (Lipinski definition) is 6. The summed E-state index contributed by atoms with van der Waals surface area (Å²) in [6.07, 6.45) is 9.06. The van der Waals surface area contributed by atoms with E-state index in [1.165, 1.54) is 0 Å². The molecule has 2 aromatic heterocycles. The van der Waals surface area contributed by atoms with Gasteiger partial charge in [-0.15, -0.1) is 0 Å². The molecule has 1 aliphatic heterocycles. The molecule has 0 saturated carbocycles. The van der Waals surface area contributed by atoms with Gasteiger partial charge in [0, 0.05) is 37.6 Å². The molecule has 0 spiro atoms. The van der Waals surface area contributed by atoms with Crippen molar-refractivity contribution in [2.75, 3.05) is 24.6 Å². The van der Waals surface area contributed by atoms with E-state index in [0.717, 1.165) is 43.1 Å². The van der Waals surface area contributed by atoms with Crippen LogP contribution in [0.3, 0.4) is 0 Å². The summed E-state index contributed by atoms with van der Waals surface area (Å²) in [5.41, 5.74) is 1.94. The lowest BCUT2D eigenvalue weighted by Crippen LogP contribution is -2.38. The molecule has 22 heavy (non-hydrogen) atoms. The minimum Gasteiger partial charge on any atom is -0.476 e. The number of ether oxygens (including phenoxy) is 1. The summed E-state index contributed by atoms with van der Waals surface area (Å²) >= 11 is 0. The van der Waals surface area contributed by atoms with E-state index in [9.17, 15) is 0 Å². The molecule has 0 N–H and O–H groups in total. The summed E-state index contributed by atoms with van der Waals surface area (Å²) in [6, 6.07) is 0. The third kappa shape index (κ3) is 3.50. The fourth-order valence-corrected chi connectivity index (χ4v) is 2.78. The van der Waals surface area contributed by atoms with E-state index < -0.39 is 0 Å². The Morgan fingerprint density at radius 3 is 2.95 bits per heavy atom. The summed E-state index contributed by atoms with van der Waals surface area (Å²) in [5.74, 6) is 2.06. The lowest BCUT2D eigenvalue weighted by molar-refractivity contribution is 0.220. The summed E-state index contributed by atoms with van der Waals surface area (Å²) in [7, 11) is 0. The van der Waals surface area contributed by atoms with Gasteiger partial charge in [0.25, 0.3) is 0 Å². The number of aromatic nitrogens is 4. The molecule has 0 bridgehead atoms. The van der Waals surface area contributed by atoms with Crippen LogP contribution < -0.4 is 9.64 Å². The number of rotatable bonds is 4. The van der Waals surface area contributed by atoms with Gasteiger partial charge in [0.2, 0.25) is 5.88 Å². The highest BCUT2D eigenvalue weighted by molar-refractivity contribution is 5.43. The van der Waals surface area contributed by atoms with Crippen molar-refractivity contribution in [3.63, 3.8) is 0 Å². The maximum absolute atomic E-state index is 5.75. The van der Waals surface area contributed by atoms with Crippen LogP contribution in [0.1, 0.15) is 24.2 Å². The zero-order chi connectivity index (χ0) is 15.4. The van der Waals surface area contributed by atoms with E-state index >= 15 is 0 Å². The molecule has 1 unspecified atom stereocenters. The van der Waals surface area contributed by atoms with Crippen molar-refractivity contribution in [2.45, 2.75) is 26.7 Å². The first kappa shape index (κ1) is 14.7. The van der Waals surface area contributed by atoms with Crippen LogP contribution in [0.4, 0.5) is 5.82 Å². The van der Waals surface area contributed by atoms with Crippen molar-refractivity contribution < 1.29 is 4.74 Å². The molecule has 0 aliphatic carbocycles. The van der Waals surface area contributed by atoms with Gasteiger partial charge >= 0.3 is 0 Å². The molecule has 0 amide bonds. The lowest BCUT2D eigenvalue weighted by Gasteiger charge is -2.34. The molecule has 1 aliphatic rings. The molecule has 6 heteroatoms. The molecule has 2 aromatic rings. The standard InChI is InChI=1S/C16H21N5O/c1-12-8-19-13(2)16(20-12)21-7-3-4-14(10-21)11-22-15-9-17-5-6-18-15/h5-6,8-9,14H,3-4,7,10-11H2,1-2H3. The first-order valence-corrected chi connectivity index (χ1v) is 7.66. The summed E-state index contributed by atoms with van der Waals surface area (Å²) in [4.78, 5) is 19.6. The predicted octanol–water partition coefficient (Wildman–Crippen LogP) is 2.18. The van der Waals surface area contributed by atoms with Gasteiger partial charge in [0.15, 0.2) is 0 Å². The molecule has 3 rings (SSSR count). The lowest BCUT2D eigenvalue weighted by atomic mass is 9.99. The summed E-state index contributed by atoms with van der Waals surface area (Å²) in [6.45, 7) is 6.63. The number of aryl methyl sites for hydroxylation is 2. The Morgan fingerprint density at radius 2 is 2.14 bits per heavy atom. The topological polar surface area (TPSA) is 64.0 Å². The maximum atomic E-state index is 5.75. The fourth-order valence-electron chi connectivity index (χ4n) is 2.78. The van der Waals surface area contributed by atoms with E-state index in [0.29, 0.717) is 18.4 Å². The second kappa shape index (κ2) is 6.68. The van der Waals surface area contributed by atoms with Gasteiger partial charge in [-0.1, -0.05) is 0 Å². The average Bonchev–Trinajstić information content (AvgIpc) is 2.56. The minimum atomic E-state index is 0.470. The van der Waals surface area contributed by atoms with E-state index in [-0.39, 0.29) is 0 Å². The first-order valence-electron chi connectivity index (χ1n) is 7.66. The molecule has 0 aromatic carbocycles. The monoisotopic (exact) mass is 299 g/mol. The molecular formula is C16H21N5O. The van der Waals surface area contributed by atoms with Crippen LogP contribution in [-0.4, -0.2) is 39.6 Å². The normalized spacial score (nSPS) is 18.3. The van der Waals surface area contributed by atoms with E-state index in [4.69, 9.17) is 4.74 Å². The van der Waals surface area contributed by atoms with Crippen molar-refractivity contribution in [3.8, 4) is 5.88 Å². The Hall–Kier alpha value is -2.24. The molecule has 3 heterocycles. The van der Waals surface area contributed by atoms with Crippen molar-refractivity contribution in [1.29, 1.82) is 0 Å². The van der Waals surface area contributed by atoms with Crippen molar-refractivity contribution in [2.24, 2.45) is 5.92 Å². The van der Waals surface area contributed by atoms with Crippen molar-refractivity contribution >= 4 is 5.82 Å². The largest absolute Gasteiger partial charge is 0.476 e. The number of anilines is 1. The van der Waals surface area contributed by atoms with Gasteiger partial charge in [-0.2, -0.15) is 0 Å². The van der Waals surface area contributed by atoms with E-state index in [2.05, 4.69) is 24.8 Å². The average molecular weight is 299 g/mol. The van der Waals surface area contributed by atoms with Crippen LogP contribution in [0.25, 0.3) is 0 Å². The summed E-state index contributed by atoms with van der Waals surface area (Å²) < 4.78 is 5.75. The Labute approximate surface area is 130 Å². The van der Waals surface area contributed by atoms with Gasteiger partial charge in [-0.25, -0.2) is 9.97 Å². The Balaban J connectivity index is 1.63. The Kier molecular flexibility index (Phi) is 4.46. The van der Waals surface area contributed by atoms with Crippen LogP contribution in [0.15, 0.2) is 24.8 Å². The minimum absolute atomic E-state index is 0.470. The second-order valence-corrected chi connectivity index (χ2v) is 5.73. The van der Waals surface area contributed by atoms with Crippen molar-refractivity contribution in [3.05, 3.63) is 36.2 Å². The van der Waals surface area contributed by atoms with Crippen LogP contribution in [0.2, 0.25) is 0 Å². The highest BCUT2D eigenvalue weighted by Gasteiger charge is 2.23. The van der Waals surface area contributed by atoms with Crippen molar-refractivity contribution in [1.82, 2.24) is 19.9 Å². The Morgan fingerprint density at radius 1 is 1.23 bits per heavy atom. The Bertz CT molecular complexity index is 619. The molecule has 1 fully saturated rings. The van der Waals surface area contributed by atoms with Gasteiger partial charge in [-0.3, -0.25) is 9.97 Å². The zero-order valence-electron chi connectivity index (χ0n) is 13.1. The highest BCUT2D eigenvalue weighted by atomic mass is 16.5. The van der Waals surface area contributed by atoms with Crippen LogP contribution in [-0.2, 0) is 0 Å². The van der Waals surface area contributed by atoms with Crippen LogP contribution in [0, 0.1) is 19.8 Å². The van der Waals surface area contributed by atoms with Gasteiger partial charge < -0.3 is 9.64 Å². The van der Waals surface area contributed by atoms with Crippen LogP contribution >= 0.6 is 0 Å². The third-order valence-corrected chi connectivity index (χ3v) is 3.88. The van der Waals surface area contributed by atoms with Gasteiger partial charge in [0.1, 0.15) is 5.82 Å². The molecule has 116 valence electrons. The number of nitrogens with zero attached hydrogens (tertiary/aromatic N) is 5. The zero-order valence-corrected chi connectivity index (χ0v) is 13.1. The first-order chi connectivity index (χ1) is 10.7. The number of hydrogen-bond donors (Lipinski definition) is 0. The summed E-state index contributed by atoms with van der Waals surface area (Å²) in [5, 5.41) is 0. The smallest absolute Gasteiger partial charge is 0.232 e. The number of piperidine rings is 1. The van der Waals surface area contributed by atoms with E-state index in [1.54, 1.807) is 18.6 Å². The van der Waals surface area contributed by atoms with E-state index in [1.807, 2.05) is 20.0 Å². The maximum Gasteiger partial charge on any atom is 0.232 e. The van der Waals surface area contributed by atoms with Gasteiger partial charge in [-0.05, 0) is 26.7 Å². The molecule has 1 atom stereocenters. The highest BCUT2D eigenvalue weighted by Crippen LogP contribution is 2.24. The van der Waals surface area contributed by atoms with Gasteiger partial charge in [0.05, 0.1) is 24.2 Å². The van der Waals surface area contributed by atoms with Crippen LogP contribution in [0.5, 0.6) is 5.88 Å². The fraction of sp³-hybridized carbons (Fsp3) is 0.500. The molecular weight excluding hydrogens is 278 g/mol. The molecule has 0 radical (unpaired) electrons. The predicted molar refractivity (Wildman–Crippen MR) is 84.0 cm³/mol. The quantitative estimate of drug-likeness (QED) is 0.862. The third-order valence-electron chi connectivity index (χ3n) is 3.88. The second-order valence-electron chi connectivity index (χ2n) is 5.73. The molecule has 6 nitrogen and oxygen atoms in total. The molecule has 1 saturated heterocycles. The SMILES string of the molecule is Cc1cnc(C)c(N2CCCC(COc3cnccn3)C2)n1.